The number of H-pyrrole nitrogens is 1. The van der Waals surface area contributed by atoms with Crippen molar-refractivity contribution in [2.24, 2.45) is 0 Å². The van der Waals surface area contributed by atoms with Crippen LogP contribution in [-0.4, -0.2) is 34.1 Å². The van der Waals surface area contributed by atoms with Crippen molar-refractivity contribution in [2.75, 3.05) is 13.1 Å². The summed E-state index contributed by atoms with van der Waals surface area (Å²) in [4.78, 5) is 14.5. The molecule has 1 aliphatic rings. The smallest absolute Gasteiger partial charge is 0.222 e. The van der Waals surface area contributed by atoms with Gasteiger partial charge in [0.1, 0.15) is 18.2 Å². The van der Waals surface area contributed by atoms with E-state index in [2.05, 4.69) is 10.2 Å². The summed E-state index contributed by atoms with van der Waals surface area (Å²) >= 11 is 5.89. The van der Waals surface area contributed by atoms with Crippen LogP contribution in [0.5, 0.6) is 5.75 Å². The summed E-state index contributed by atoms with van der Waals surface area (Å²) in [7, 11) is 0. The first-order valence-corrected chi connectivity index (χ1v) is 10.9. The van der Waals surface area contributed by atoms with Crippen LogP contribution in [0.15, 0.2) is 54.6 Å². The van der Waals surface area contributed by atoms with E-state index in [1.54, 1.807) is 24.3 Å². The minimum atomic E-state index is -0.235. The van der Waals surface area contributed by atoms with Crippen molar-refractivity contribution in [3.63, 3.8) is 0 Å². The van der Waals surface area contributed by atoms with Gasteiger partial charge in [-0.05, 0) is 67.3 Å². The van der Waals surface area contributed by atoms with E-state index in [0.717, 1.165) is 48.5 Å². The molecule has 1 atom stereocenters. The number of amides is 1. The highest BCUT2D eigenvalue weighted by molar-refractivity contribution is 6.30. The predicted octanol–water partition coefficient (Wildman–Crippen LogP) is 5.12. The van der Waals surface area contributed by atoms with E-state index in [9.17, 15) is 9.18 Å². The number of carbonyl (C=O) groups is 1. The largest absolute Gasteiger partial charge is 0.487 e. The lowest BCUT2D eigenvalue weighted by molar-refractivity contribution is -0.130. The third-order valence-electron chi connectivity index (χ3n) is 5.59. The summed E-state index contributed by atoms with van der Waals surface area (Å²) < 4.78 is 18.7. The molecule has 0 bridgehead atoms. The monoisotopic (exact) mass is 441 g/mol. The van der Waals surface area contributed by atoms with Gasteiger partial charge in [0, 0.05) is 30.5 Å². The molecule has 0 unspecified atom stereocenters. The molecule has 0 aliphatic carbocycles. The van der Waals surface area contributed by atoms with Crippen LogP contribution in [0.4, 0.5) is 4.39 Å². The number of aromatic amines is 1. The van der Waals surface area contributed by atoms with Crippen LogP contribution in [-0.2, 0) is 17.8 Å². The summed E-state index contributed by atoms with van der Waals surface area (Å²) in [6, 6.07) is 15.7. The van der Waals surface area contributed by atoms with E-state index in [0.29, 0.717) is 24.6 Å². The second kappa shape index (κ2) is 9.96. The van der Waals surface area contributed by atoms with E-state index < -0.39 is 0 Å². The van der Waals surface area contributed by atoms with Gasteiger partial charge >= 0.3 is 0 Å². The van der Waals surface area contributed by atoms with Crippen molar-refractivity contribution >= 4 is 17.5 Å². The zero-order chi connectivity index (χ0) is 21.6. The average Bonchev–Trinajstić information content (AvgIpc) is 3.44. The summed E-state index contributed by atoms with van der Waals surface area (Å²) in [5.41, 5.74) is 2.92. The van der Waals surface area contributed by atoms with Gasteiger partial charge in [-0.3, -0.25) is 9.89 Å². The molecular formula is C24H25ClFN3O2. The Hall–Kier alpha value is -2.86. The van der Waals surface area contributed by atoms with E-state index in [1.807, 2.05) is 23.1 Å². The molecule has 162 valence electrons. The van der Waals surface area contributed by atoms with Crippen LogP contribution < -0.4 is 4.74 Å². The third kappa shape index (κ3) is 5.85. The molecule has 0 radical (unpaired) electrons. The molecule has 1 saturated heterocycles. The van der Waals surface area contributed by atoms with Crippen LogP contribution >= 0.6 is 11.6 Å². The van der Waals surface area contributed by atoms with E-state index in [-0.39, 0.29) is 17.6 Å². The lowest BCUT2D eigenvalue weighted by atomic mass is 10.1. The SMILES string of the molecule is O=C(CCCc1ccc(F)cc1)N1CC[C@@H](c2cc(COc3ccc(Cl)cc3)[nH]n2)C1. The van der Waals surface area contributed by atoms with Crippen LogP contribution in [0.25, 0.3) is 0 Å². The van der Waals surface area contributed by atoms with Crippen LogP contribution in [0.2, 0.25) is 5.02 Å². The van der Waals surface area contributed by atoms with Gasteiger partial charge in [-0.1, -0.05) is 23.7 Å². The standard InChI is InChI=1S/C24H25ClFN3O2/c25-19-6-10-22(11-7-19)31-16-21-14-23(28-27-21)18-12-13-29(15-18)24(30)3-1-2-17-4-8-20(26)9-5-17/h4-11,14,18H,1-3,12-13,15-16H2,(H,27,28)/t18-/m1/s1. The Balaban J connectivity index is 1.22. The highest BCUT2D eigenvalue weighted by Crippen LogP contribution is 2.27. The minimum absolute atomic E-state index is 0.173. The summed E-state index contributed by atoms with van der Waals surface area (Å²) in [6.07, 6.45) is 2.96. The van der Waals surface area contributed by atoms with Gasteiger partial charge in [0.15, 0.2) is 0 Å². The van der Waals surface area contributed by atoms with E-state index >= 15 is 0 Å². The number of hydrogen-bond donors (Lipinski definition) is 1. The van der Waals surface area contributed by atoms with Gasteiger partial charge in [0.2, 0.25) is 5.91 Å². The molecule has 7 heteroatoms. The van der Waals surface area contributed by atoms with Crippen LogP contribution in [0.1, 0.15) is 42.1 Å². The minimum Gasteiger partial charge on any atom is -0.487 e. The van der Waals surface area contributed by atoms with E-state index in [1.165, 1.54) is 12.1 Å². The summed E-state index contributed by atoms with van der Waals surface area (Å²) in [5.74, 6) is 0.924. The fourth-order valence-corrected chi connectivity index (χ4v) is 3.96. The summed E-state index contributed by atoms with van der Waals surface area (Å²) in [6.45, 7) is 1.84. The molecule has 5 nitrogen and oxygen atoms in total. The third-order valence-corrected chi connectivity index (χ3v) is 5.84. The normalized spacial score (nSPS) is 15.9. The summed E-state index contributed by atoms with van der Waals surface area (Å²) in [5, 5.41) is 8.14. The van der Waals surface area contributed by atoms with Gasteiger partial charge in [-0.2, -0.15) is 5.10 Å². The number of carbonyl (C=O) groups excluding carboxylic acids is 1. The highest BCUT2D eigenvalue weighted by atomic mass is 35.5. The number of aryl methyl sites for hydroxylation is 1. The Kier molecular flexibility index (Phi) is 6.87. The first-order chi connectivity index (χ1) is 15.1. The Bertz CT molecular complexity index is 1000. The number of aromatic nitrogens is 2. The number of halogens is 2. The van der Waals surface area contributed by atoms with Crippen molar-refractivity contribution < 1.29 is 13.9 Å². The maximum atomic E-state index is 13.0. The van der Waals surface area contributed by atoms with Gasteiger partial charge in [-0.15, -0.1) is 0 Å². The van der Waals surface area contributed by atoms with E-state index in [4.69, 9.17) is 16.3 Å². The zero-order valence-corrected chi connectivity index (χ0v) is 17.9. The molecule has 2 heterocycles. The second-order valence-corrected chi connectivity index (χ2v) is 8.30. The molecule has 0 saturated carbocycles. The molecule has 1 N–H and O–H groups in total. The van der Waals surface area contributed by atoms with Gasteiger partial charge < -0.3 is 9.64 Å². The van der Waals surface area contributed by atoms with Gasteiger partial charge in [0.05, 0.1) is 11.4 Å². The van der Waals surface area contributed by atoms with Gasteiger partial charge in [-0.25, -0.2) is 4.39 Å². The zero-order valence-electron chi connectivity index (χ0n) is 17.2. The molecule has 2 aromatic carbocycles. The Morgan fingerprint density at radius 3 is 2.74 bits per heavy atom. The number of likely N-dealkylation sites (tertiary alicyclic amines) is 1. The Labute approximate surface area is 186 Å². The van der Waals surface area contributed by atoms with Crippen LogP contribution in [0, 0.1) is 5.82 Å². The van der Waals surface area contributed by atoms with Crippen molar-refractivity contribution in [1.29, 1.82) is 0 Å². The maximum Gasteiger partial charge on any atom is 0.222 e. The average molecular weight is 442 g/mol. The van der Waals surface area contributed by atoms with Crippen molar-refractivity contribution in [3.05, 3.63) is 82.4 Å². The number of hydrogen-bond acceptors (Lipinski definition) is 3. The molecule has 1 amide bonds. The molecule has 3 aromatic rings. The fraction of sp³-hybridized carbons (Fsp3) is 0.333. The Morgan fingerprint density at radius 1 is 1.19 bits per heavy atom. The molecule has 0 spiro atoms. The molecule has 1 aliphatic heterocycles. The molecule has 1 fully saturated rings. The predicted molar refractivity (Wildman–Crippen MR) is 118 cm³/mol. The molecular weight excluding hydrogens is 417 g/mol. The quantitative estimate of drug-likeness (QED) is 0.527. The molecule has 1 aromatic heterocycles. The van der Waals surface area contributed by atoms with Gasteiger partial charge in [0.25, 0.3) is 0 Å². The second-order valence-electron chi connectivity index (χ2n) is 7.87. The number of rotatable bonds is 8. The maximum absolute atomic E-state index is 13.0. The fourth-order valence-electron chi connectivity index (χ4n) is 3.84. The lowest BCUT2D eigenvalue weighted by Crippen LogP contribution is -2.28. The van der Waals surface area contributed by atoms with Crippen molar-refractivity contribution in [3.8, 4) is 5.75 Å². The molecule has 4 rings (SSSR count). The number of nitrogens with zero attached hydrogens (tertiary/aromatic N) is 2. The van der Waals surface area contributed by atoms with Crippen LogP contribution in [0.3, 0.4) is 0 Å². The Morgan fingerprint density at radius 2 is 1.97 bits per heavy atom. The highest BCUT2D eigenvalue weighted by Gasteiger charge is 2.28. The first kappa shape index (κ1) is 21.4. The number of nitrogens with one attached hydrogen (secondary N) is 1. The van der Waals surface area contributed by atoms with Crippen molar-refractivity contribution in [2.45, 2.75) is 38.2 Å². The number of ether oxygens (including phenoxy) is 1. The van der Waals surface area contributed by atoms with Crippen molar-refractivity contribution in [1.82, 2.24) is 15.1 Å². The number of benzene rings is 2. The molecule has 31 heavy (non-hydrogen) atoms. The topological polar surface area (TPSA) is 58.2 Å². The lowest BCUT2D eigenvalue weighted by Gasteiger charge is -2.16. The first-order valence-electron chi connectivity index (χ1n) is 10.5.